The van der Waals surface area contributed by atoms with Gasteiger partial charge in [0.1, 0.15) is 11.6 Å². The lowest BCUT2D eigenvalue weighted by atomic mass is 9.79. The molecule has 0 spiro atoms. The minimum Gasteiger partial charge on any atom is -0.299 e. The number of ketones is 2. The first-order chi connectivity index (χ1) is 6.79. The molecule has 0 amide bonds. The van der Waals surface area contributed by atoms with Gasteiger partial charge in [-0.05, 0) is 31.9 Å². The summed E-state index contributed by atoms with van der Waals surface area (Å²) in [5.41, 5.74) is 0. The summed E-state index contributed by atoms with van der Waals surface area (Å²) in [5.74, 6) is -0.170. The number of nitrogens with zero attached hydrogens (tertiary/aromatic N) is 1. The van der Waals surface area contributed by atoms with Crippen LogP contribution in [0.2, 0.25) is 0 Å². The van der Waals surface area contributed by atoms with Crippen molar-refractivity contribution in [1.82, 2.24) is 0 Å². The Bertz CT molecular complexity index is 267. The Kier molecular flexibility index (Phi) is 2.75. The highest BCUT2D eigenvalue weighted by atomic mass is 16.2. The highest BCUT2D eigenvalue weighted by molar-refractivity contribution is 6.05. The summed E-state index contributed by atoms with van der Waals surface area (Å²) in [6.45, 7) is 0. The second-order valence-electron chi connectivity index (χ2n) is 4.09. The van der Waals surface area contributed by atoms with Gasteiger partial charge in [0.15, 0.2) is 0 Å². The van der Waals surface area contributed by atoms with E-state index in [9.17, 15) is 9.59 Å². The lowest BCUT2D eigenvalue weighted by Gasteiger charge is -2.26. The first-order valence-electron chi connectivity index (χ1n) is 5.36. The number of hydrogen-bond acceptors (Lipinski definition) is 3. The van der Waals surface area contributed by atoms with Gasteiger partial charge in [-0.25, -0.2) is 0 Å². The maximum atomic E-state index is 11.6. The van der Waals surface area contributed by atoms with Crippen molar-refractivity contribution in [2.45, 2.75) is 44.6 Å². The van der Waals surface area contributed by atoms with Gasteiger partial charge < -0.3 is 0 Å². The Morgan fingerprint density at radius 2 is 1.86 bits per heavy atom. The fraction of sp³-hybridized carbons (Fsp3) is 0.727. The standard InChI is InChI=1S/C11H15NO2/c13-9-5-3-6-10(14)11(9)8-4-1-2-7-12-8/h7-8,11H,1-6H2. The van der Waals surface area contributed by atoms with Gasteiger partial charge in [0.25, 0.3) is 0 Å². The van der Waals surface area contributed by atoms with E-state index in [1.807, 2.05) is 6.21 Å². The van der Waals surface area contributed by atoms with Crippen LogP contribution in [0.5, 0.6) is 0 Å². The highest BCUT2D eigenvalue weighted by Gasteiger charge is 2.36. The maximum absolute atomic E-state index is 11.6. The average molecular weight is 193 g/mol. The second-order valence-corrected chi connectivity index (χ2v) is 4.09. The molecular formula is C11H15NO2. The highest BCUT2D eigenvalue weighted by Crippen LogP contribution is 2.26. The van der Waals surface area contributed by atoms with E-state index in [1.54, 1.807) is 0 Å². The molecule has 2 aliphatic rings. The Morgan fingerprint density at radius 3 is 2.43 bits per heavy atom. The van der Waals surface area contributed by atoms with E-state index in [2.05, 4.69) is 4.99 Å². The largest absolute Gasteiger partial charge is 0.299 e. The second kappa shape index (κ2) is 4.03. The Morgan fingerprint density at radius 1 is 1.14 bits per heavy atom. The van der Waals surface area contributed by atoms with E-state index in [0.717, 1.165) is 25.7 Å². The molecule has 0 aromatic rings. The zero-order valence-corrected chi connectivity index (χ0v) is 8.24. The monoisotopic (exact) mass is 193 g/mol. The van der Waals surface area contributed by atoms with Gasteiger partial charge >= 0.3 is 0 Å². The predicted octanol–water partition coefficient (Wildman–Crippen LogP) is 1.55. The van der Waals surface area contributed by atoms with Crippen LogP contribution < -0.4 is 0 Å². The maximum Gasteiger partial charge on any atom is 0.145 e. The molecule has 1 saturated carbocycles. The summed E-state index contributed by atoms with van der Waals surface area (Å²) >= 11 is 0. The van der Waals surface area contributed by atoms with Crippen molar-refractivity contribution >= 4 is 17.8 Å². The van der Waals surface area contributed by atoms with Crippen LogP contribution >= 0.6 is 0 Å². The average Bonchev–Trinajstić information content (AvgIpc) is 2.19. The van der Waals surface area contributed by atoms with Crippen molar-refractivity contribution in [3.8, 4) is 0 Å². The number of carbonyl (C=O) groups excluding carboxylic acids is 2. The molecule has 0 aromatic heterocycles. The van der Waals surface area contributed by atoms with Crippen molar-refractivity contribution in [3.63, 3.8) is 0 Å². The van der Waals surface area contributed by atoms with Gasteiger partial charge in [-0.2, -0.15) is 0 Å². The number of carbonyl (C=O) groups is 2. The molecule has 0 bridgehead atoms. The van der Waals surface area contributed by atoms with E-state index in [-0.39, 0.29) is 17.6 Å². The van der Waals surface area contributed by atoms with E-state index in [0.29, 0.717) is 12.8 Å². The molecule has 1 aliphatic carbocycles. The third-order valence-corrected chi connectivity index (χ3v) is 3.05. The number of rotatable bonds is 1. The Balaban J connectivity index is 2.13. The molecule has 0 aromatic carbocycles. The molecule has 0 saturated heterocycles. The zero-order chi connectivity index (χ0) is 9.97. The lowest BCUT2D eigenvalue weighted by molar-refractivity contribution is -0.136. The molecule has 3 nitrogen and oxygen atoms in total. The van der Waals surface area contributed by atoms with Gasteiger partial charge in [0.2, 0.25) is 0 Å². The number of hydrogen-bond donors (Lipinski definition) is 0. The normalized spacial score (nSPS) is 29.6. The lowest BCUT2D eigenvalue weighted by Crippen LogP contribution is -2.38. The summed E-state index contributed by atoms with van der Waals surface area (Å²) in [7, 11) is 0. The van der Waals surface area contributed by atoms with Gasteiger partial charge in [0.05, 0.1) is 12.0 Å². The van der Waals surface area contributed by atoms with Crippen LogP contribution in [0, 0.1) is 5.92 Å². The fourth-order valence-electron chi connectivity index (χ4n) is 2.31. The van der Waals surface area contributed by atoms with Crippen molar-refractivity contribution in [2.75, 3.05) is 0 Å². The van der Waals surface area contributed by atoms with Crippen LogP contribution in [-0.2, 0) is 9.59 Å². The molecule has 14 heavy (non-hydrogen) atoms. The SMILES string of the molecule is O=C1CCCC(=O)C1C1CCCC=N1. The Labute approximate surface area is 83.6 Å². The van der Waals surface area contributed by atoms with Gasteiger partial charge in [0, 0.05) is 12.8 Å². The van der Waals surface area contributed by atoms with Crippen LogP contribution in [0.1, 0.15) is 38.5 Å². The van der Waals surface area contributed by atoms with Gasteiger partial charge in [-0.3, -0.25) is 14.6 Å². The van der Waals surface area contributed by atoms with E-state index in [1.165, 1.54) is 0 Å². The third kappa shape index (κ3) is 1.76. The quantitative estimate of drug-likeness (QED) is 0.593. The van der Waals surface area contributed by atoms with Crippen LogP contribution in [-0.4, -0.2) is 23.8 Å². The molecule has 2 rings (SSSR count). The molecule has 0 N–H and O–H groups in total. The molecule has 1 heterocycles. The summed E-state index contributed by atoms with van der Waals surface area (Å²) in [6, 6.07) is -0.0379. The van der Waals surface area contributed by atoms with Gasteiger partial charge in [-0.1, -0.05) is 0 Å². The summed E-state index contributed by atoms with van der Waals surface area (Å²) < 4.78 is 0. The van der Waals surface area contributed by atoms with Crippen molar-refractivity contribution in [1.29, 1.82) is 0 Å². The molecule has 0 radical (unpaired) electrons. The van der Waals surface area contributed by atoms with Crippen LogP contribution in [0.3, 0.4) is 0 Å². The summed E-state index contributed by atoms with van der Waals surface area (Å²) in [6.07, 6.45) is 6.70. The van der Waals surface area contributed by atoms with Gasteiger partial charge in [-0.15, -0.1) is 0 Å². The predicted molar refractivity (Wildman–Crippen MR) is 53.5 cm³/mol. The van der Waals surface area contributed by atoms with E-state index < -0.39 is 5.92 Å². The molecule has 76 valence electrons. The minimum atomic E-state index is -0.403. The summed E-state index contributed by atoms with van der Waals surface area (Å²) in [4.78, 5) is 27.5. The third-order valence-electron chi connectivity index (χ3n) is 3.05. The molecular weight excluding hydrogens is 178 g/mol. The van der Waals surface area contributed by atoms with E-state index in [4.69, 9.17) is 0 Å². The first-order valence-corrected chi connectivity index (χ1v) is 5.36. The zero-order valence-electron chi connectivity index (χ0n) is 8.24. The molecule has 1 fully saturated rings. The first kappa shape index (κ1) is 9.56. The van der Waals surface area contributed by atoms with Crippen LogP contribution in [0.15, 0.2) is 4.99 Å². The number of Topliss-reactive ketones (excluding diaryl/α,β-unsaturated/α-hetero) is 2. The van der Waals surface area contributed by atoms with Crippen LogP contribution in [0.25, 0.3) is 0 Å². The molecule has 1 atom stereocenters. The molecule has 1 aliphatic heterocycles. The van der Waals surface area contributed by atoms with Crippen molar-refractivity contribution in [2.24, 2.45) is 10.9 Å². The fourth-order valence-corrected chi connectivity index (χ4v) is 2.31. The summed E-state index contributed by atoms with van der Waals surface area (Å²) in [5, 5.41) is 0. The smallest absolute Gasteiger partial charge is 0.145 e. The minimum absolute atomic E-state index is 0.0379. The molecule has 1 unspecified atom stereocenters. The van der Waals surface area contributed by atoms with Crippen LogP contribution in [0.4, 0.5) is 0 Å². The van der Waals surface area contributed by atoms with Crippen molar-refractivity contribution < 1.29 is 9.59 Å². The number of aliphatic imine (C=N–C) groups is 1. The Hall–Kier alpha value is -0.990. The topological polar surface area (TPSA) is 46.5 Å². The van der Waals surface area contributed by atoms with Crippen molar-refractivity contribution in [3.05, 3.63) is 0 Å². The molecule has 3 heteroatoms. The van der Waals surface area contributed by atoms with E-state index >= 15 is 0 Å².